The van der Waals surface area contributed by atoms with Crippen molar-refractivity contribution < 1.29 is 38.3 Å². The Morgan fingerprint density at radius 1 is 1.03 bits per heavy atom. The van der Waals surface area contributed by atoms with E-state index < -0.39 is 5.92 Å². The fourth-order valence-corrected chi connectivity index (χ4v) is 5.34. The van der Waals surface area contributed by atoms with Crippen molar-refractivity contribution in [1.82, 2.24) is 0 Å². The molecule has 1 fully saturated rings. The summed E-state index contributed by atoms with van der Waals surface area (Å²) in [5, 5.41) is 10.4. The molecule has 2 heterocycles. The Hall–Kier alpha value is -2.78. The maximum Gasteiger partial charge on any atom is 0.310 e. The average molecular weight is 475 g/mol. The number of phenols is 1. The van der Waals surface area contributed by atoms with Gasteiger partial charge in [0.05, 0.1) is 39.5 Å². The Balaban J connectivity index is 1.69. The molecule has 33 heavy (non-hydrogen) atoms. The van der Waals surface area contributed by atoms with Crippen LogP contribution in [0.4, 0.5) is 0 Å². The lowest BCUT2D eigenvalue weighted by molar-refractivity contribution is -0.141. The maximum absolute atomic E-state index is 13.0. The second-order valence-electron chi connectivity index (χ2n) is 8.19. The van der Waals surface area contributed by atoms with E-state index in [2.05, 4.69) is 0 Å². The van der Waals surface area contributed by atoms with Gasteiger partial charge in [0.1, 0.15) is 0 Å². The third kappa shape index (κ3) is 3.63. The topological polar surface area (TPSA) is 92.7 Å². The smallest absolute Gasteiger partial charge is 0.310 e. The number of esters is 1. The maximum atomic E-state index is 13.0. The van der Waals surface area contributed by atoms with Crippen LogP contribution in [0.25, 0.3) is 0 Å². The van der Waals surface area contributed by atoms with Gasteiger partial charge in [0.25, 0.3) is 0 Å². The van der Waals surface area contributed by atoms with Gasteiger partial charge in [-0.15, -0.1) is 0 Å². The fourth-order valence-electron chi connectivity index (χ4n) is 5.08. The molecule has 0 radical (unpaired) electrons. The lowest BCUT2D eigenvalue weighted by atomic mass is 9.66. The minimum absolute atomic E-state index is 0.0886. The number of carbonyl (C=O) groups excluding carboxylic acids is 1. The number of cyclic esters (lactones) is 1. The summed E-state index contributed by atoms with van der Waals surface area (Å²) in [6.45, 7) is 0.990. The van der Waals surface area contributed by atoms with Crippen molar-refractivity contribution >= 4 is 17.7 Å². The summed E-state index contributed by atoms with van der Waals surface area (Å²) in [4.78, 5) is 13.0. The molecule has 1 N–H and O–H groups in total. The first-order chi connectivity index (χ1) is 16.1. The highest BCUT2D eigenvalue weighted by molar-refractivity contribution is 7.98. The molecule has 4 atom stereocenters. The van der Waals surface area contributed by atoms with E-state index in [-0.39, 0.29) is 54.6 Å². The lowest BCUT2D eigenvalue weighted by Crippen LogP contribution is -2.36. The first-order valence-corrected chi connectivity index (χ1v) is 12.1. The van der Waals surface area contributed by atoms with E-state index in [1.54, 1.807) is 23.9 Å². The van der Waals surface area contributed by atoms with Crippen LogP contribution < -0.4 is 18.9 Å². The Bertz CT molecular complexity index is 1050. The summed E-state index contributed by atoms with van der Waals surface area (Å²) in [5.41, 5.74) is 2.64. The van der Waals surface area contributed by atoms with Crippen LogP contribution in [0.1, 0.15) is 28.7 Å². The minimum Gasteiger partial charge on any atom is -0.502 e. The molecule has 1 aliphatic carbocycles. The quantitative estimate of drug-likeness (QED) is 0.478. The molecule has 8 nitrogen and oxygen atoms in total. The largest absolute Gasteiger partial charge is 0.502 e. The van der Waals surface area contributed by atoms with E-state index in [1.165, 1.54) is 14.2 Å². The van der Waals surface area contributed by atoms with Gasteiger partial charge in [-0.1, -0.05) is 0 Å². The first kappa shape index (κ1) is 22.0. The fraction of sp³-hybridized carbons (Fsp3) is 0.458. The van der Waals surface area contributed by atoms with Crippen molar-refractivity contribution in [3.63, 3.8) is 0 Å². The number of rotatable bonds is 7. The summed E-state index contributed by atoms with van der Waals surface area (Å²) >= 11 is 1.70. The number of ether oxygens (including phenoxy) is 6. The summed E-state index contributed by atoms with van der Waals surface area (Å²) in [7, 11) is 2.96. The molecule has 2 aliphatic heterocycles. The summed E-state index contributed by atoms with van der Waals surface area (Å²) < 4.78 is 34.0. The number of aromatic hydroxyl groups is 1. The number of benzene rings is 2. The molecule has 2 aromatic carbocycles. The normalized spacial score (nSPS) is 24.8. The second-order valence-corrected chi connectivity index (χ2v) is 9.18. The molecule has 0 saturated carbocycles. The summed E-state index contributed by atoms with van der Waals surface area (Å²) in [6, 6.07) is 7.38. The van der Waals surface area contributed by atoms with Gasteiger partial charge in [0.2, 0.25) is 12.5 Å². The van der Waals surface area contributed by atoms with Gasteiger partial charge in [-0.2, -0.15) is 11.8 Å². The molecule has 1 unspecified atom stereocenters. The molecule has 1 saturated heterocycles. The number of thioether (sulfide) groups is 1. The number of phenolic OH excluding ortho intramolecular Hbond substituents is 1. The van der Waals surface area contributed by atoms with Crippen molar-refractivity contribution in [2.24, 2.45) is 11.8 Å². The van der Waals surface area contributed by atoms with Gasteiger partial charge in [-0.05, 0) is 47.2 Å². The molecule has 2 aromatic rings. The molecule has 3 aliphatic rings. The zero-order valence-electron chi connectivity index (χ0n) is 18.7. The Morgan fingerprint density at radius 3 is 2.33 bits per heavy atom. The predicted molar refractivity (Wildman–Crippen MR) is 121 cm³/mol. The third-order valence-electron chi connectivity index (χ3n) is 6.57. The van der Waals surface area contributed by atoms with Crippen LogP contribution in [-0.4, -0.2) is 57.3 Å². The SMILES string of the molecule is COc1cc([C@@H]2c3cc4c(cc3[C@@H](OCCSC)C3COC(=O)[C@@H]32)OCO4)cc(OC)c1O. The van der Waals surface area contributed by atoms with Crippen LogP contribution in [0.5, 0.6) is 28.7 Å². The van der Waals surface area contributed by atoms with Gasteiger partial charge in [0.15, 0.2) is 23.0 Å². The minimum atomic E-state index is -0.462. The standard InChI is InChI=1S/C24H26O8S/c1-27-18-6-12(7-19(28-2)22(18)25)20-13-8-16-17(32-11-31-16)9-14(13)23(29-4-5-33-3)15-10-30-24(26)21(15)20/h6-9,15,20-21,23,25H,4-5,10-11H2,1-3H3/t15?,20-,21+,23-/m1/s1. The van der Waals surface area contributed by atoms with Crippen molar-refractivity contribution in [3.05, 3.63) is 41.0 Å². The van der Waals surface area contributed by atoms with Gasteiger partial charge in [-0.25, -0.2) is 0 Å². The van der Waals surface area contributed by atoms with Crippen molar-refractivity contribution in [2.45, 2.75) is 12.0 Å². The van der Waals surface area contributed by atoms with Gasteiger partial charge >= 0.3 is 5.97 Å². The van der Waals surface area contributed by atoms with Crippen LogP contribution in [0.15, 0.2) is 24.3 Å². The molecule has 0 bridgehead atoms. The Labute approximate surface area is 196 Å². The average Bonchev–Trinajstić information content (AvgIpc) is 3.44. The number of hydrogen-bond donors (Lipinski definition) is 1. The van der Waals surface area contributed by atoms with E-state index in [1.807, 2.05) is 18.4 Å². The third-order valence-corrected chi connectivity index (χ3v) is 7.14. The molecule has 0 aromatic heterocycles. The zero-order chi connectivity index (χ0) is 23.1. The summed E-state index contributed by atoms with van der Waals surface area (Å²) in [5.74, 6) is 1.34. The molecule has 0 spiro atoms. The van der Waals surface area contributed by atoms with Crippen LogP contribution in [-0.2, 0) is 14.3 Å². The van der Waals surface area contributed by atoms with Gasteiger partial charge < -0.3 is 33.5 Å². The zero-order valence-corrected chi connectivity index (χ0v) is 19.5. The highest BCUT2D eigenvalue weighted by atomic mass is 32.2. The van der Waals surface area contributed by atoms with Crippen LogP contribution in [0.3, 0.4) is 0 Å². The number of fused-ring (bicyclic) bond motifs is 3. The predicted octanol–water partition coefficient (Wildman–Crippen LogP) is 3.49. The number of carbonyl (C=O) groups is 1. The number of methoxy groups -OCH3 is 2. The molecule has 0 amide bonds. The van der Waals surface area contributed by atoms with Crippen LogP contribution in [0.2, 0.25) is 0 Å². The highest BCUT2D eigenvalue weighted by Crippen LogP contribution is 2.56. The van der Waals surface area contributed by atoms with Crippen molar-refractivity contribution in [1.29, 1.82) is 0 Å². The first-order valence-electron chi connectivity index (χ1n) is 10.7. The number of hydrogen-bond acceptors (Lipinski definition) is 9. The van der Waals surface area contributed by atoms with Crippen molar-refractivity contribution in [3.8, 4) is 28.7 Å². The monoisotopic (exact) mass is 474 g/mol. The second kappa shape index (κ2) is 8.87. The van der Waals surface area contributed by atoms with Gasteiger partial charge in [-0.3, -0.25) is 4.79 Å². The van der Waals surface area contributed by atoms with E-state index in [9.17, 15) is 9.90 Å². The Morgan fingerprint density at radius 2 is 1.70 bits per heavy atom. The van der Waals surface area contributed by atoms with Crippen molar-refractivity contribution in [2.75, 3.05) is 46.2 Å². The van der Waals surface area contributed by atoms with E-state index >= 15 is 0 Å². The highest BCUT2D eigenvalue weighted by Gasteiger charge is 2.53. The Kier molecular flexibility index (Phi) is 5.92. The van der Waals surface area contributed by atoms with E-state index in [0.717, 1.165) is 22.4 Å². The lowest BCUT2D eigenvalue weighted by Gasteiger charge is -2.39. The molecular weight excluding hydrogens is 448 g/mol. The van der Waals surface area contributed by atoms with Crippen LogP contribution >= 0.6 is 11.8 Å². The van der Waals surface area contributed by atoms with E-state index in [0.29, 0.717) is 18.1 Å². The van der Waals surface area contributed by atoms with Gasteiger partial charge in [0, 0.05) is 17.6 Å². The molecular formula is C24H26O8S. The molecule has 9 heteroatoms. The summed E-state index contributed by atoms with van der Waals surface area (Å²) in [6.07, 6.45) is 1.72. The van der Waals surface area contributed by atoms with Crippen LogP contribution in [0, 0.1) is 11.8 Å². The molecule has 5 rings (SSSR count). The molecule has 176 valence electrons. The van der Waals surface area contributed by atoms with E-state index in [4.69, 9.17) is 28.4 Å².